The molecule has 0 N–H and O–H groups in total. The first-order valence-electron chi connectivity index (χ1n) is 7.93. The molecule has 0 spiro atoms. The molecule has 126 valence electrons. The lowest BCUT2D eigenvalue weighted by atomic mass is 9.98. The summed E-state index contributed by atoms with van der Waals surface area (Å²) in [6.45, 7) is 4.21. The van der Waals surface area contributed by atoms with E-state index in [0.717, 1.165) is 5.56 Å². The lowest BCUT2D eigenvalue weighted by Gasteiger charge is -2.45. The van der Waals surface area contributed by atoms with Crippen LogP contribution < -0.4 is 0 Å². The summed E-state index contributed by atoms with van der Waals surface area (Å²) < 4.78 is 35.4. The van der Waals surface area contributed by atoms with Crippen molar-refractivity contribution >= 4 is 0 Å². The Labute approximate surface area is 135 Å². The zero-order valence-electron chi connectivity index (χ0n) is 13.5. The van der Waals surface area contributed by atoms with E-state index < -0.39 is 18.4 Å². The predicted octanol–water partition coefficient (Wildman–Crippen LogP) is 1.99. The molecule has 6 atom stereocenters. The van der Waals surface area contributed by atoms with E-state index in [9.17, 15) is 0 Å². The molecule has 3 aliphatic heterocycles. The Morgan fingerprint density at radius 1 is 1.00 bits per heavy atom. The maximum atomic E-state index is 6.17. The van der Waals surface area contributed by atoms with Crippen LogP contribution in [0.1, 0.15) is 25.7 Å². The predicted molar refractivity (Wildman–Crippen MR) is 79.5 cm³/mol. The second kappa shape index (κ2) is 5.81. The first kappa shape index (κ1) is 15.5. The maximum absolute atomic E-state index is 6.17. The van der Waals surface area contributed by atoms with E-state index in [-0.39, 0.29) is 24.4 Å². The van der Waals surface area contributed by atoms with Crippen LogP contribution >= 0.6 is 0 Å². The SMILES string of the molecule is CO[C@H]1O[C@@H]2CO[C@@H](c3ccccc3)O[C@H]2[C@H]2OC(C)(C)O[C@@H]12. The van der Waals surface area contributed by atoms with Gasteiger partial charge in [0.05, 0.1) is 6.61 Å². The van der Waals surface area contributed by atoms with Crippen LogP contribution in [-0.4, -0.2) is 50.2 Å². The van der Waals surface area contributed by atoms with E-state index in [0.29, 0.717) is 6.61 Å². The van der Waals surface area contributed by atoms with E-state index in [1.807, 2.05) is 44.2 Å². The summed E-state index contributed by atoms with van der Waals surface area (Å²) in [6.07, 6.45) is -1.96. The number of ether oxygens (including phenoxy) is 6. The van der Waals surface area contributed by atoms with Gasteiger partial charge < -0.3 is 28.4 Å². The summed E-state index contributed by atoms with van der Waals surface area (Å²) in [5.41, 5.74) is 0.981. The second-order valence-electron chi connectivity index (χ2n) is 6.52. The Morgan fingerprint density at radius 3 is 2.48 bits per heavy atom. The number of benzene rings is 1. The van der Waals surface area contributed by atoms with Crippen molar-refractivity contribution in [2.24, 2.45) is 0 Å². The zero-order chi connectivity index (χ0) is 16.0. The zero-order valence-corrected chi connectivity index (χ0v) is 13.5. The molecule has 0 bridgehead atoms. The van der Waals surface area contributed by atoms with Crippen LogP contribution in [0.5, 0.6) is 0 Å². The molecule has 4 rings (SSSR count). The van der Waals surface area contributed by atoms with E-state index in [4.69, 9.17) is 28.4 Å². The molecular formula is C17H22O6. The molecule has 0 aromatic heterocycles. The van der Waals surface area contributed by atoms with Crippen molar-refractivity contribution in [3.63, 3.8) is 0 Å². The van der Waals surface area contributed by atoms with Crippen molar-refractivity contribution in [1.82, 2.24) is 0 Å². The highest BCUT2D eigenvalue weighted by atomic mass is 16.8. The fourth-order valence-electron chi connectivity index (χ4n) is 3.46. The van der Waals surface area contributed by atoms with Gasteiger partial charge >= 0.3 is 0 Å². The second-order valence-corrected chi connectivity index (χ2v) is 6.52. The lowest BCUT2D eigenvalue weighted by Crippen LogP contribution is -2.61. The number of methoxy groups -OCH3 is 1. The summed E-state index contributed by atoms with van der Waals surface area (Å²) in [4.78, 5) is 0. The summed E-state index contributed by atoms with van der Waals surface area (Å²) in [6, 6.07) is 9.87. The Hall–Kier alpha value is -1.02. The Morgan fingerprint density at radius 2 is 1.74 bits per heavy atom. The summed E-state index contributed by atoms with van der Waals surface area (Å²) >= 11 is 0. The third-order valence-corrected chi connectivity index (χ3v) is 4.43. The van der Waals surface area contributed by atoms with Crippen LogP contribution in [0, 0.1) is 0 Å². The average molecular weight is 322 g/mol. The van der Waals surface area contributed by atoms with Gasteiger partial charge in [0, 0.05) is 12.7 Å². The number of hydrogen-bond donors (Lipinski definition) is 0. The highest BCUT2D eigenvalue weighted by Crippen LogP contribution is 2.42. The van der Waals surface area contributed by atoms with Crippen molar-refractivity contribution in [2.75, 3.05) is 13.7 Å². The Balaban J connectivity index is 1.57. The lowest BCUT2D eigenvalue weighted by molar-refractivity contribution is -0.343. The van der Waals surface area contributed by atoms with E-state index in [1.165, 1.54) is 0 Å². The van der Waals surface area contributed by atoms with E-state index >= 15 is 0 Å². The number of fused-ring (bicyclic) bond motifs is 3. The summed E-state index contributed by atoms with van der Waals surface area (Å²) in [5, 5.41) is 0. The fraction of sp³-hybridized carbons (Fsp3) is 0.647. The molecule has 1 aromatic carbocycles. The first-order valence-corrected chi connectivity index (χ1v) is 7.93. The topological polar surface area (TPSA) is 55.4 Å². The standard InChI is InChI=1S/C17H22O6/c1-17(2)22-13-12-11(20-16(18-3)14(13)23-17)9-19-15(21-12)10-7-5-4-6-8-10/h4-8,11-16H,9H2,1-3H3/t11-,12-,13-,14-,15-,16+/m1/s1. The van der Waals surface area contributed by atoms with Gasteiger partial charge in [0.1, 0.15) is 24.4 Å². The third-order valence-electron chi connectivity index (χ3n) is 4.43. The van der Waals surface area contributed by atoms with Crippen molar-refractivity contribution in [2.45, 2.75) is 56.6 Å². The van der Waals surface area contributed by atoms with Gasteiger partial charge in [-0.05, 0) is 13.8 Å². The minimum Gasteiger partial charge on any atom is -0.353 e. The van der Waals surface area contributed by atoms with Crippen molar-refractivity contribution in [1.29, 1.82) is 0 Å². The van der Waals surface area contributed by atoms with Gasteiger partial charge in [0.15, 0.2) is 18.4 Å². The van der Waals surface area contributed by atoms with Gasteiger partial charge in [-0.2, -0.15) is 0 Å². The van der Waals surface area contributed by atoms with Crippen molar-refractivity contribution in [3.8, 4) is 0 Å². The molecule has 6 nitrogen and oxygen atoms in total. The van der Waals surface area contributed by atoms with Gasteiger partial charge in [-0.15, -0.1) is 0 Å². The highest BCUT2D eigenvalue weighted by Gasteiger charge is 2.57. The molecule has 0 radical (unpaired) electrons. The molecule has 3 saturated heterocycles. The van der Waals surface area contributed by atoms with Gasteiger partial charge in [-0.25, -0.2) is 0 Å². The van der Waals surface area contributed by atoms with Crippen LogP contribution in [0.4, 0.5) is 0 Å². The molecule has 3 aliphatic rings. The smallest absolute Gasteiger partial charge is 0.186 e. The Bertz CT molecular complexity index is 547. The molecule has 0 amide bonds. The normalized spacial score (nSPS) is 42.0. The van der Waals surface area contributed by atoms with E-state index in [1.54, 1.807) is 7.11 Å². The molecule has 0 saturated carbocycles. The average Bonchev–Trinajstić information content (AvgIpc) is 2.90. The van der Waals surface area contributed by atoms with Crippen molar-refractivity contribution in [3.05, 3.63) is 35.9 Å². The number of hydrogen-bond acceptors (Lipinski definition) is 6. The molecule has 1 aromatic rings. The van der Waals surface area contributed by atoms with E-state index in [2.05, 4.69) is 0 Å². The minimum atomic E-state index is -0.686. The van der Waals surface area contributed by atoms with Crippen LogP contribution in [0.25, 0.3) is 0 Å². The largest absolute Gasteiger partial charge is 0.353 e. The fourth-order valence-corrected chi connectivity index (χ4v) is 3.46. The van der Waals surface area contributed by atoms with Gasteiger partial charge in [0.2, 0.25) is 0 Å². The number of rotatable bonds is 2. The molecule has 3 fully saturated rings. The summed E-state index contributed by atoms with van der Waals surface area (Å²) in [5.74, 6) is -0.686. The van der Waals surface area contributed by atoms with Gasteiger partial charge in [0.25, 0.3) is 0 Å². The first-order chi connectivity index (χ1) is 11.1. The molecular weight excluding hydrogens is 300 g/mol. The Kier molecular flexibility index (Phi) is 3.91. The van der Waals surface area contributed by atoms with Crippen LogP contribution in [-0.2, 0) is 28.4 Å². The van der Waals surface area contributed by atoms with Crippen molar-refractivity contribution < 1.29 is 28.4 Å². The minimum absolute atomic E-state index is 0.237. The summed E-state index contributed by atoms with van der Waals surface area (Å²) in [7, 11) is 1.61. The quantitative estimate of drug-likeness (QED) is 0.830. The molecule has 0 unspecified atom stereocenters. The van der Waals surface area contributed by atoms with Crippen LogP contribution in [0.15, 0.2) is 30.3 Å². The molecule has 3 heterocycles. The molecule has 6 heteroatoms. The van der Waals surface area contributed by atoms with Gasteiger partial charge in [-0.1, -0.05) is 30.3 Å². The van der Waals surface area contributed by atoms with Crippen LogP contribution in [0.2, 0.25) is 0 Å². The molecule has 0 aliphatic carbocycles. The van der Waals surface area contributed by atoms with Crippen LogP contribution in [0.3, 0.4) is 0 Å². The maximum Gasteiger partial charge on any atom is 0.186 e. The van der Waals surface area contributed by atoms with Gasteiger partial charge in [-0.3, -0.25) is 0 Å². The monoisotopic (exact) mass is 322 g/mol. The highest BCUT2D eigenvalue weighted by molar-refractivity contribution is 5.16. The third kappa shape index (κ3) is 2.80. The molecule has 23 heavy (non-hydrogen) atoms.